The molecular formula is C19H36N2O2. The predicted molar refractivity (Wildman–Crippen MR) is 94.5 cm³/mol. The quantitative estimate of drug-likeness (QED) is 0.773. The highest BCUT2D eigenvalue weighted by Gasteiger charge is 2.34. The average molecular weight is 325 g/mol. The van der Waals surface area contributed by atoms with E-state index in [2.05, 4.69) is 24.5 Å². The third-order valence-electron chi connectivity index (χ3n) is 5.18. The van der Waals surface area contributed by atoms with Crippen molar-refractivity contribution in [3.63, 3.8) is 0 Å². The first-order valence-corrected chi connectivity index (χ1v) is 9.47. The van der Waals surface area contributed by atoms with Crippen molar-refractivity contribution in [1.82, 2.24) is 10.6 Å². The van der Waals surface area contributed by atoms with E-state index in [1.807, 2.05) is 20.8 Å². The largest absolute Gasteiger partial charge is 0.444 e. The van der Waals surface area contributed by atoms with E-state index in [-0.39, 0.29) is 12.1 Å². The zero-order valence-corrected chi connectivity index (χ0v) is 15.7. The summed E-state index contributed by atoms with van der Waals surface area (Å²) in [5.74, 6) is 2.25. The molecule has 4 heteroatoms. The van der Waals surface area contributed by atoms with Crippen LogP contribution in [0.4, 0.5) is 4.79 Å². The summed E-state index contributed by atoms with van der Waals surface area (Å²) in [7, 11) is 0. The third kappa shape index (κ3) is 6.70. The second-order valence-electron chi connectivity index (χ2n) is 8.87. The maximum atomic E-state index is 12.0. The Hall–Kier alpha value is -0.770. The van der Waals surface area contributed by atoms with Crippen LogP contribution < -0.4 is 10.6 Å². The van der Waals surface area contributed by atoms with Gasteiger partial charge >= 0.3 is 6.09 Å². The van der Waals surface area contributed by atoms with Gasteiger partial charge in [0, 0.05) is 18.6 Å². The Labute approximate surface area is 142 Å². The van der Waals surface area contributed by atoms with Gasteiger partial charge in [-0.2, -0.15) is 0 Å². The fourth-order valence-corrected chi connectivity index (χ4v) is 3.61. The van der Waals surface area contributed by atoms with E-state index in [4.69, 9.17) is 4.74 Å². The number of ether oxygens (including phenoxy) is 1. The van der Waals surface area contributed by atoms with E-state index in [9.17, 15) is 4.79 Å². The van der Waals surface area contributed by atoms with Gasteiger partial charge in [0.15, 0.2) is 0 Å². The van der Waals surface area contributed by atoms with Crippen LogP contribution in [0.2, 0.25) is 0 Å². The van der Waals surface area contributed by atoms with Gasteiger partial charge in [-0.3, -0.25) is 0 Å². The summed E-state index contributed by atoms with van der Waals surface area (Å²) >= 11 is 0. The van der Waals surface area contributed by atoms with E-state index in [1.54, 1.807) is 0 Å². The SMILES string of the molecule is CC(C)C1CCCC(NCC(NC(=O)OC(C)(C)C)C2CC2)C1. The maximum Gasteiger partial charge on any atom is 0.407 e. The van der Waals surface area contributed by atoms with Crippen LogP contribution in [-0.4, -0.2) is 30.3 Å². The summed E-state index contributed by atoms with van der Waals surface area (Å²) in [6.45, 7) is 11.3. The molecule has 2 aliphatic rings. The van der Waals surface area contributed by atoms with Gasteiger partial charge in [0.05, 0.1) is 0 Å². The Bertz CT molecular complexity index is 385. The summed E-state index contributed by atoms with van der Waals surface area (Å²) in [5, 5.41) is 6.81. The van der Waals surface area contributed by atoms with Gasteiger partial charge in [-0.15, -0.1) is 0 Å². The van der Waals surface area contributed by atoms with Gasteiger partial charge in [-0.05, 0) is 64.2 Å². The lowest BCUT2D eigenvalue weighted by atomic mass is 9.79. The maximum absolute atomic E-state index is 12.0. The molecule has 0 aromatic rings. The smallest absolute Gasteiger partial charge is 0.407 e. The minimum Gasteiger partial charge on any atom is -0.444 e. The molecule has 0 saturated heterocycles. The summed E-state index contributed by atoms with van der Waals surface area (Å²) in [4.78, 5) is 12.0. The Kier molecular flexibility index (Phi) is 6.35. The van der Waals surface area contributed by atoms with E-state index < -0.39 is 5.60 Å². The molecule has 0 bridgehead atoms. The Morgan fingerprint density at radius 2 is 1.83 bits per heavy atom. The number of nitrogens with one attached hydrogen (secondary N) is 2. The molecule has 0 aromatic carbocycles. The third-order valence-corrected chi connectivity index (χ3v) is 5.18. The fraction of sp³-hybridized carbons (Fsp3) is 0.947. The van der Waals surface area contributed by atoms with Crippen molar-refractivity contribution in [3.8, 4) is 0 Å². The van der Waals surface area contributed by atoms with Gasteiger partial charge in [0.1, 0.15) is 5.60 Å². The topological polar surface area (TPSA) is 50.4 Å². The lowest BCUT2D eigenvalue weighted by Gasteiger charge is -2.33. The first-order chi connectivity index (χ1) is 10.7. The molecule has 3 unspecified atom stereocenters. The van der Waals surface area contributed by atoms with Gasteiger partial charge in [0.25, 0.3) is 0 Å². The molecule has 2 aliphatic carbocycles. The molecule has 2 saturated carbocycles. The monoisotopic (exact) mass is 324 g/mol. The highest BCUT2D eigenvalue weighted by molar-refractivity contribution is 5.68. The number of rotatable bonds is 6. The summed E-state index contributed by atoms with van der Waals surface area (Å²) < 4.78 is 5.41. The van der Waals surface area contributed by atoms with Crippen LogP contribution in [0.1, 0.15) is 73.1 Å². The number of amides is 1. The summed E-state index contributed by atoms with van der Waals surface area (Å²) in [6.07, 6.45) is 7.42. The molecule has 23 heavy (non-hydrogen) atoms. The van der Waals surface area contributed by atoms with Crippen LogP contribution in [-0.2, 0) is 4.74 Å². The molecular weight excluding hydrogens is 288 g/mol. The van der Waals surface area contributed by atoms with E-state index in [0.29, 0.717) is 12.0 Å². The zero-order valence-electron chi connectivity index (χ0n) is 15.7. The summed E-state index contributed by atoms with van der Waals surface area (Å²) in [5.41, 5.74) is -0.431. The van der Waals surface area contributed by atoms with Crippen LogP contribution in [0, 0.1) is 17.8 Å². The van der Waals surface area contributed by atoms with E-state index >= 15 is 0 Å². The second-order valence-corrected chi connectivity index (χ2v) is 8.87. The highest BCUT2D eigenvalue weighted by atomic mass is 16.6. The second kappa shape index (κ2) is 7.87. The van der Waals surface area contributed by atoms with Crippen molar-refractivity contribution in [2.75, 3.05) is 6.54 Å². The lowest BCUT2D eigenvalue weighted by molar-refractivity contribution is 0.0495. The van der Waals surface area contributed by atoms with Gasteiger partial charge in [0.2, 0.25) is 0 Å². The molecule has 0 aromatic heterocycles. The zero-order chi connectivity index (χ0) is 17.0. The van der Waals surface area contributed by atoms with Gasteiger partial charge < -0.3 is 15.4 Å². The number of alkyl carbamates (subject to hydrolysis) is 1. The van der Waals surface area contributed by atoms with Crippen LogP contribution in [0.3, 0.4) is 0 Å². The van der Waals surface area contributed by atoms with E-state index in [0.717, 1.165) is 18.4 Å². The minimum atomic E-state index is -0.431. The molecule has 4 nitrogen and oxygen atoms in total. The van der Waals surface area contributed by atoms with Crippen molar-refractivity contribution < 1.29 is 9.53 Å². The standard InChI is InChI=1S/C19H36N2O2/c1-13(2)15-7-6-8-16(11-15)20-12-17(14-9-10-14)21-18(22)23-19(3,4)5/h13-17,20H,6-12H2,1-5H3,(H,21,22). The normalized spacial score (nSPS) is 26.9. The highest BCUT2D eigenvalue weighted by Crippen LogP contribution is 2.33. The number of carbonyl (C=O) groups is 1. The Morgan fingerprint density at radius 3 is 2.39 bits per heavy atom. The van der Waals surface area contributed by atoms with Crippen molar-refractivity contribution in [1.29, 1.82) is 0 Å². The molecule has 2 fully saturated rings. The molecule has 1 amide bonds. The van der Waals surface area contributed by atoms with Crippen molar-refractivity contribution >= 4 is 6.09 Å². The molecule has 134 valence electrons. The first kappa shape index (κ1) is 18.6. The molecule has 0 heterocycles. The molecule has 0 radical (unpaired) electrons. The van der Waals surface area contributed by atoms with E-state index in [1.165, 1.54) is 38.5 Å². The van der Waals surface area contributed by atoms with Crippen molar-refractivity contribution in [2.24, 2.45) is 17.8 Å². The average Bonchev–Trinajstić information content (AvgIpc) is 3.26. The fourth-order valence-electron chi connectivity index (χ4n) is 3.61. The molecule has 0 spiro atoms. The molecule has 0 aliphatic heterocycles. The Morgan fingerprint density at radius 1 is 1.13 bits per heavy atom. The van der Waals surface area contributed by atoms with Gasteiger partial charge in [-0.25, -0.2) is 4.79 Å². The van der Waals surface area contributed by atoms with Crippen LogP contribution >= 0.6 is 0 Å². The number of hydrogen-bond acceptors (Lipinski definition) is 3. The number of carbonyl (C=O) groups excluding carboxylic acids is 1. The molecule has 2 N–H and O–H groups in total. The molecule has 3 atom stereocenters. The Balaban J connectivity index is 1.77. The van der Waals surface area contributed by atoms with Crippen LogP contribution in [0.15, 0.2) is 0 Å². The predicted octanol–water partition coefficient (Wildman–Crippen LogP) is 4.09. The summed E-state index contributed by atoms with van der Waals surface area (Å²) in [6, 6.07) is 0.821. The minimum absolute atomic E-state index is 0.212. The van der Waals surface area contributed by atoms with Crippen molar-refractivity contribution in [3.05, 3.63) is 0 Å². The van der Waals surface area contributed by atoms with Crippen LogP contribution in [0.5, 0.6) is 0 Å². The number of hydrogen-bond donors (Lipinski definition) is 2. The van der Waals surface area contributed by atoms with Gasteiger partial charge in [-0.1, -0.05) is 26.7 Å². The van der Waals surface area contributed by atoms with Crippen LogP contribution in [0.25, 0.3) is 0 Å². The lowest BCUT2D eigenvalue weighted by Crippen LogP contribution is -2.48. The first-order valence-electron chi connectivity index (χ1n) is 9.47. The molecule has 2 rings (SSSR count). The van der Waals surface area contributed by atoms with Crippen molar-refractivity contribution in [2.45, 2.75) is 90.8 Å².